The van der Waals surface area contributed by atoms with E-state index < -0.39 is 16.4 Å². The smallest absolute Gasteiger partial charge is 0.286 e. The van der Waals surface area contributed by atoms with Crippen LogP contribution in [0.25, 0.3) is 0 Å². The van der Waals surface area contributed by atoms with Gasteiger partial charge in [0, 0.05) is 19.7 Å². The van der Waals surface area contributed by atoms with Gasteiger partial charge in [0.2, 0.25) is 0 Å². The van der Waals surface area contributed by atoms with Crippen molar-refractivity contribution in [2.24, 2.45) is 0 Å². The number of H-pyrrole nitrogens is 1. The fourth-order valence-corrected chi connectivity index (χ4v) is 2.25. The number of rotatable bonds is 4. The highest BCUT2D eigenvalue weighted by Gasteiger charge is 2.19. The second-order valence-corrected chi connectivity index (χ2v) is 5.58. The first-order valence-corrected chi connectivity index (χ1v) is 7.11. The number of carbonyl (C=O) groups is 1. The molecule has 0 aliphatic carbocycles. The SMILES string of the molecule is CN(Cc1ccc(Cl)c(Cl)c1)C(=O)c1cc([N+](=O)[O-])c[nH]c1=O. The Hall–Kier alpha value is -2.38. The molecule has 0 saturated heterocycles. The summed E-state index contributed by atoms with van der Waals surface area (Å²) in [6.07, 6.45) is 0.943. The molecular formula is C14H11Cl2N3O4. The van der Waals surface area contributed by atoms with E-state index in [0.29, 0.717) is 15.6 Å². The molecule has 1 amide bonds. The third kappa shape index (κ3) is 3.88. The second-order valence-electron chi connectivity index (χ2n) is 4.77. The summed E-state index contributed by atoms with van der Waals surface area (Å²) in [6.45, 7) is 0.165. The van der Waals surface area contributed by atoms with E-state index in [4.69, 9.17) is 23.2 Å². The number of pyridine rings is 1. The normalized spacial score (nSPS) is 10.4. The van der Waals surface area contributed by atoms with Crippen molar-refractivity contribution in [3.05, 3.63) is 72.1 Å². The van der Waals surface area contributed by atoms with Crippen LogP contribution in [0.15, 0.2) is 35.3 Å². The van der Waals surface area contributed by atoms with Crippen molar-refractivity contribution in [2.75, 3.05) is 7.05 Å². The molecule has 1 aromatic heterocycles. The van der Waals surface area contributed by atoms with Crippen molar-refractivity contribution in [1.82, 2.24) is 9.88 Å². The second kappa shape index (κ2) is 6.80. The molecule has 23 heavy (non-hydrogen) atoms. The molecule has 0 aliphatic heterocycles. The summed E-state index contributed by atoms with van der Waals surface area (Å²) in [4.78, 5) is 37.5. The van der Waals surface area contributed by atoms with E-state index in [9.17, 15) is 19.7 Å². The van der Waals surface area contributed by atoms with Gasteiger partial charge < -0.3 is 9.88 Å². The average Bonchev–Trinajstić information content (AvgIpc) is 2.50. The molecule has 0 atom stereocenters. The first-order valence-electron chi connectivity index (χ1n) is 6.36. The Balaban J connectivity index is 2.25. The first kappa shape index (κ1) is 17.0. The molecule has 0 bridgehead atoms. The highest BCUT2D eigenvalue weighted by molar-refractivity contribution is 6.42. The number of hydrogen-bond donors (Lipinski definition) is 1. The minimum Gasteiger partial charge on any atom is -0.337 e. The van der Waals surface area contributed by atoms with Crippen molar-refractivity contribution < 1.29 is 9.72 Å². The minimum atomic E-state index is -0.693. The molecule has 120 valence electrons. The molecule has 0 fully saturated rings. The van der Waals surface area contributed by atoms with Crippen molar-refractivity contribution >= 4 is 34.8 Å². The maximum Gasteiger partial charge on any atom is 0.286 e. The number of halogens is 2. The van der Waals surface area contributed by atoms with E-state index >= 15 is 0 Å². The predicted molar refractivity (Wildman–Crippen MR) is 86.0 cm³/mol. The van der Waals surface area contributed by atoms with E-state index in [0.717, 1.165) is 12.3 Å². The number of benzene rings is 1. The van der Waals surface area contributed by atoms with Gasteiger partial charge in [-0.3, -0.25) is 19.7 Å². The van der Waals surface area contributed by atoms with Gasteiger partial charge in [0.1, 0.15) is 5.56 Å². The monoisotopic (exact) mass is 355 g/mol. The number of aromatic nitrogens is 1. The van der Waals surface area contributed by atoms with Gasteiger partial charge in [-0.1, -0.05) is 29.3 Å². The third-order valence-electron chi connectivity index (χ3n) is 3.08. The number of aromatic amines is 1. The van der Waals surface area contributed by atoms with Crippen LogP contribution >= 0.6 is 23.2 Å². The lowest BCUT2D eigenvalue weighted by Crippen LogP contribution is -2.31. The van der Waals surface area contributed by atoms with Crippen LogP contribution in [0.2, 0.25) is 10.0 Å². The molecule has 1 N–H and O–H groups in total. The number of amides is 1. The van der Waals surface area contributed by atoms with Gasteiger partial charge in [-0.25, -0.2) is 0 Å². The Labute approximate surface area is 140 Å². The molecule has 0 saturated carbocycles. The molecule has 2 aromatic rings. The molecule has 0 aliphatic rings. The molecule has 1 heterocycles. The van der Waals surface area contributed by atoms with Crippen LogP contribution in [0.1, 0.15) is 15.9 Å². The summed E-state index contributed by atoms with van der Waals surface area (Å²) in [5.74, 6) is -0.638. The summed E-state index contributed by atoms with van der Waals surface area (Å²) in [5, 5.41) is 11.5. The van der Waals surface area contributed by atoms with Crippen molar-refractivity contribution in [2.45, 2.75) is 6.54 Å². The number of nitrogens with one attached hydrogen (secondary N) is 1. The van der Waals surface area contributed by atoms with Gasteiger partial charge in [-0.15, -0.1) is 0 Å². The van der Waals surface area contributed by atoms with Crippen LogP contribution < -0.4 is 5.56 Å². The van der Waals surface area contributed by atoms with Gasteiger partial charge in [0.25, 0.3) is 17.2 Å². The molecule has 1 aromatic carbocycles. The maximum atomic E-state index is 12.3. The number of nitro groups is 1. The number of hydrogen-bond acceptors (Lipinski definition) is 4. The zero-order valence-corrected chi connectivity index (χ0v) is 13.4. The van der Waals surface area contributed by atoms with Crippen molar-refractivity contribution in [3.63, 3.8) is 0 Å². The molecular weight excluding hydrogens is 345 g/mol. The van der Waals surface area contributed by atoms with Crippen LogP contribution in [0.5, 0.6) is 0 Å². The first-order chi connectivity index (χ1) is 10.8. The lowest BCUT2D eigenvalue weighted by Gasteiger charge is -2.17. The third-order valence-corrected chi connectivity index (χ3v) is 3.82. The van der Waals surface area contributed by atoms with E-state index in [1.54, 1.807) is 18.2 Å². The molecule has 7 nitrogen and oxygen atoms in total. The van der Waals surface area contributed by atoms with Crippen molar-refractivity contribution in [1.29, 1.82) is 0 Å². The van der Waals surface area contributed by atoms with E-state index in [1.807, 2.05) is 0 Å². The van der Waals surface area contributed by atoms with Crippen molar-refractivity contribution in [3.8, 4) is 0 Å². The Kier molecular flexibility index (Phi) is 5.02. The van der Waals surface area contributed by atoms with E-state index in [2.05, 4.69) is 4.98 Å². The standard InChI is InChI=1S/C14H11Cl2N3O4/c1-18(7-8-2-3-11(15)12(16)4-8)14(21)10-5-9(19(22)23)6-17-13(10)20/h2-6H,7H2,1H3,(H,17,20). The van der Waals surface area contributed by atoms with Gasteiger partial charge in [0.05, 0.1) is 21.2 Å². The highest BCUT2D eigenvalue weighted by atomic mass is 35.5. The van der Waals surface area contributed by atoms with Gasteiger partial charge >= 0.3 is 0 Å². The summed E-state index contributed by atoms with van der Waals surface area (Å²) in [6, 6.07) is 5.84. The summed E-state index contributed by atoms with van der Waals surface area (Å²) >= 11 is 11.7. The number of nitrogens with zero attached hydrogens (tertiary/aromatic N) is 2. The van der Waals surface area contributed by atoms with Gasteiger partial charge in [0.15, 0.2) is 0 Å². The summed E-state index contributed by atoms with van der Waals surface area (Å²) < 4.78 is 0. The topological polar surface area (TPSA) is 96.3 Å². The van der Waals surface area contributed by atoms with Crippen LogP contribution in [0, 0.1) is 10.1 Å². The van der Waals surface area contributed by atoms with E-state index in [-0.39, 0.29) is 17.8 Å². The Morgan fingerprint density at radius 3 is 2.61 bits per heavy atom. The summed E-state index contributed by atoms with van der Waals surface area (Å²) in [7, 11) is 1.48. The lowest BCUT2D eigenvalue weighted by atomic mass is 10.2. The van der Waals surface area contributed by atoms with E-state index in [1.165, 1.54) is 11.9 Å². The fourth-order valence-electron chi connectivity index (χ4n) is 1.93. The number of carbonyl (C=O) groups excluding carboxylic acids is 1. The zero-order chi connectivity index (χ0) is 17.1. The highest BCUT2D eigenvalue weighted by Crippen LogP contribution is 2.23. The Morgan fingerprint density at radius 1 is 1.30 bits per heavy atom. The molecule has 0 spiro atoms. The molecule has 2 rings (SSSR count). The largest absolute Gasteiger partial charge is 0.337 e. The quantitative estimate of drug-likeness (QED) is 0.673. The Morgan fingerprint density at radius 2 is 2.00 bits per heavy atom. The Bertz CT molecular complexity index is 835. The minimum absolute atomic E-state index is 0.165. The van der Waals surface area contributed by atoms with Crippen LogP contribution in [0.3, 0.4) is 0 Å². The summed E-state index contributed by atoms with van der Waals surface area (Å²) in [5.41, 5.74) is -0.656. The van der Waals surface area contributed by atoms with Gasteiger partial charge in [-0.2, -0.15) is 0 Å². The molecule has 9 heteroatoms. The molecule has 0 unspecified atom stereocenters. The van der Waals surface area contributed by atoms with Crippen LogP contribution in [-0.4, -0.2) is 27.8 Å². The van der Waals surface area contributed by atoms with Gasteiger partial charge in [-0.05, 0) is 17.7 Å². The predicted octanol–water partition coefficient (Wildman–Crippen LogP) is 2.86. The van der Waals surface area contributed by atoms with Crippen LogP contribution in [0.4, 0.5) is 5.69 Å². The molecule has 0 radical (unpaired) electrons. The lowest BCUT2D eigenvalue weighted by molar-refractivity contribution is -0.385. The average molecular weight is 356 g/mol. The zero-order valence-electron chi connectivity index (χ0n) is 11.9. The fraction of sp³-hybridized carbons (Fsp3) is 0.143. The van der Waals surface area contributed by atoms with Crippen LogP contribution in [-0.2, 0) is 6.54 Å². The maximum absolute atomic E-state index is 12.3.